The van der Waals surface area contributed by atoms with E-state index in [1.165, 1.54) is 4.90 Å². The molecule has 0 aliphatic carbocycles. The molecule has 26 heavy (non-hydrogen) atoms. The highest BCUT2D eigenvalue weighted by Gasteiger charge is 2.58. The van der Waals surface area contributed by atoms with Crippen LogP contribution in [-0.4, -0.2) is 53.3 Å². The van der Waals surface area contributed by atoms with Crippen LogP contribution in [0.2, 0.25) is 5.02 Å². The van der Waals surface area contributed by atoms with Gasteiger partial charge in [0.05, 0.1) is 13.2 Å². The van der Waals surface area contributed by atoms with Crippen molar-refractivity contribution >= 4 is 29.4 Å². The van der Waals surface area contributed by atoms with Gasteiger partial charge in [-0.1, -0.05) is 17.7 Å². The summed E-state index contributed by atoms with van der Waals surface area (Å²) in [5, 5.41) is 5.37. The minimum Gasteiger partial charge on any atom is -0.348 e. The third kappa shape index (κ3) is 2.65. The van der Waals surface area contributed by atoms with E-state index in [2.05, 4.69) is 10.6 Å². The Kier molecular flexibility index (Phi) is 3.76. The van der Waals surface area contributed by atoms with Crippen molar-refractivity contribution < 1.29 is 23.9 Å². The van der Waals surface area contributed by atoms with Crippen LogP contribution in [0.3, 0.4) is 0 Å². The van der Waals surface area contributed by atoms with Crippen molar-refractivity contribution in [2.24, 2.45) is 0 Å². The molecular weight excluding hydrogens is 362 g/mol. The third-order valence-electron chi connectivity index (χ3n) is 4.92. The molecular formula is C17H18ClN3O5. The molecule has 2 atom stereocenters. The number of nitrogens with one attached hydrogen (secondary N) is 2. The number of ether oxygens (including phenoxy) is 2. The summed E-state index contributed by atoms with van der Waals surface area (Å²) < 4.78 is 11.4. The number of fused-ring (bicyclic) bond motifs is 1. The van der Waals surface area contributed by atoms with Crippen molar-refractivity contribution in [3.8, 4) is 0 Å². The number of carbonyl (C=O) groups excluding carboxylic acids is 3. The van der Waals surface area contributed by atoms with Gasteiger partial charge in [-0.05, 0) is 31.5 Å². The maximum Gasteiger partial charge on any atom is 0.322 e. The van der Waals surface area contributed by atoms with Crippen molar-refractivity contribution in [2.45, 2.75) is 37.8 Å². The first-order chi connectivity index (χ1) is 12.2. The first-order valence-corrected chi connectivity index (χ1v) is 8.61. The topological polar surface area (TPSA) is 97.0 Å². The fraction of sp³-hybridized carbons (Fsp3) is 0.471. The fourth-order valence-corrected chi connectivity index (χ4v) is 3.81. The molecule has 2 N–H and O–H groups in total. The van der Waals surface area contributed by atoms with Crippen LogP contribution in [0.4, 0.5) is 4.79 Å². The minimum absolute atomic E-state index is 0.0280. The smallest absolute Gasteiger partial charge is 0.322 e. The Morgan fingerprint density at radius 2 is 2.08 bits per heavy atom. The summed E-state index contributed by atoms with van der Waals surface area (Å²) >= 11 is 5.98. The predicted octanol–water partition coefficient (Wildman–Crippen LogP) is 1.03. The highest BCUT2D eigenvalue weighted by molar-refractivity contribution is 6.31. The molecule has 4 rings (SSSR count). The van der Waals surface area contributed by atoms with Gasteiger partial charge in [0.25, 0.3) is 11.8 Å². The molecule has 0 bridgehead atoms. The molecule has 0 saturated carbocycles. The molecule has 0 unspecified atom stereocenters. The maximum atomic E-state index is 12.8. The van der Waals surface area contributed by atoms with E-state index in [0.717, 1.165) is 5.56 Å². The van der Waals surface area contributed by atoms with Crippen LogP contribution in [0, 0.1) is 0 Å². The first-order valence-electron chi connectivity index (χ1n) is 8.23. The molecule has 3 aliphatic heterocycles. The van der Waals surface area contributed by atoms with Gasteiger partial charge >= 0.3 is 6.03 Å². The highest BCUT2D eigenvalue weighted by atomic mass is 35.5. The molecule has 0 spiro atoms. The molecule has 138 valence electrons. The minimum atomic E-state index is -1.41. The average molecular weight is 380 g/mol. The van der Waals surface area contributed by atoms with Gasteiger partial charge in [-0.3, -0.25) is 14.9 Å². The van der Waals surface area contributed by atoms with Crippen molar-refractivity contribution in [3.63, 3.8) is 0 Å². The van der Waals surface area contributed by atoms with Gasteiger partial charge in [0.1, 0.15) is 6.10 Å². The lowest BCUT2D eigenvalue weighted by atomic mass is 9.91. The number of imide groups is 1. The fourth-order valence-electron chi connectivity index (χ4n) is 3.64. The Balaban J connectivity index is 1.64. The van der Waals surface area contributed by atoms with E-state index in [4.69, 9.17) is 21.1 Å². The van der Waals surface area contributed by atoms with E-state index in [1.807, 2.05) is 0 Å². The first kappa shape index (κ1) is 17.3. The van der Waals surface area contributed by atoms with Crippen LogP contribution in [0.25, 0.3) is 0 Å². The summed E-state index contributed by atoms with van der Waals surface area (Å²) in [6.07, 6.45) is -0.718. The normalized spacial score (nSPS) is 29.7. The molecule has 2 fully saturated rings. The molecule has 1 aromatic rings. The zero-order valence-corrected chi connectivity index (χ0v) is 15.1. The SMILES string of the molecule is CC1(C)OC[C@H]([C@]2(CN3Cc4ccc(Cl)cc4C3=O)NC(=O)NC2=O)O1. The summed E-state index contributed by atoms with van der Waals surface area (Å²) in [4.78, 5) is 38.8. The lowest BCUT2D eigenvalue weighted by Crippen LogP contribution is -2.63. The summed E-state index contributed by atoms with van der Waals surface area (Å²) in [6, 6.07) is 4.49. The molecule has 3 heterocycles. The number of hydrogen-bond acceptors (Lipinski definition) is 5. The van der Waals surface area contributed by atoms with Crippen molar-refractivity contribution in [1.82, 2.24) is 15.5 Å². The number of nitrogens with zero attached hydrogens (tertiary/aromatic N) is 1. The summed E-state index contributed by atoms with van der Waals surface area (Å²) in [5.74, 6) is -1.65. The molecule has 0 radical (unpaired) electrons. The van der Waals surface area contributed by atoms with Crippen LogP contribution >= 0.6 is 11.6 Å². The predicted molar refractivity (Wildman–Crippen MR) is 90.5 cm³/mol. The quantitative estimate of drug-likeness (QED) is 0.764. The zero-order chi connectivity index (χ0) is 18.7. The highest BCUT2D eigenvalue weighted by Crippen LogP contribution is 2.34. The van der Waals surface area contributed by atoms with E-state index in [-0.39, 0.29) is 19.1 Å². The van der Waals surface area contributed by atoms with E-state index >= 15 is 0 Å². The van der Waals surface area contributed by atoms with E-state index in [0.29, 0.717) is 17.1 Å². The Morgan fingerprint density at radius 1 is 1.31 bits per heavy atom. The molecule has 2 saturated heterocycles. The Hall–Kier alpha value is -2.16. The lowest BCUT2D eigenvalue weighted by molar-refractivity contribution is -0.153. The van der Waals surface area contributed by atoms with Gasteiger partial charge in [-0.15, -0.1) is 0 Å². The standard InChI is InChI=1S/C17H18ClN3O5/c1-16(2)25-7-12(26-16)17(14(23)19-15(24)20-17)8-21-6-9-3-4-10(18)5-11(9)13(21)22/h3-5,12H,6-8H2,1-2H3,(H2,19,20,23,24)/t12-,17+/m1/s1. The summed E-state index contributed by atoms with van der Waals surface area (Å²) in [5.41, 5.74) is -0.0868. The number of amides is 4. The van der Waals surface area contributed by atoms with E-state index in [1.54, 1.807) is 32.0 Å². The second-order valence-electron chi connectivity index (χ2n) is 7.16. The van der Waals surface area contributed by atoms with Crippen LogP contribution in [-0.2, 0) is 20.8 Å². The number of urea groups is 1. The number of rotatable bonds is 3. The number of benzene rings is 1. The average Bonchev–Trinajstić information content (AvgIpc) is 3.16. The van der Waals surface area contributed by atoms with Gasteiger partial charge in [-0.2, -0.15) is 0 Å². The van der Waals surface area contributed by atoms with Gasteiger partial charge in [0.2, 0.25) is 0 Å². The number of halogens is 1. The summed E-state index contributed by atoms with van der Waals surface area (Å²) in [6.45, 7) is 3.89. The lowest BCUT2D eigenvalue weighted by Gasteiger charge is -2.35. The molecule has 9 heteroatoms. The van der Waals surface area contributed by atoms with E-state index in [9.17, 15) is 14.4 Å². The van der Waals surface area contributed by atoms with Crippen LogP contribution in [0.15, 0.2) is 18.2 Å². The molecule has 4 amide bonds. The zero-order valence-electron chi connectivity index (χ0n) is 14.3. The van der Waals surface area contributed by atoms with Crippen LogP contribution in [0.1, 0.15) is 29.8 Å². The van der Waals surface area contributed by atoms with Gasteiger partial charge in [0.15, 0.2) is 11.3 Å². The Bertz CT molecular complexity index is 827. The largest absolute Gasteiger partial charge is 0.348 e. The molecule has 3 aliphatic rings. The Morgan fingerprint density at radius 3 is 2.69 bits per heavy atom. The Labute approximate surface area is 154 Å². The molecule has 0 aromatic heterocycles. The van der Waals surface area contributed by atoms with Gasteiger partial charge in [-0.25, -0.2) is 4.79 Å². The van der Waals surface area contributed by atoms with Crippen molar-refractivity contribution in [1.29, 1.82) is 0 Å². The summed E-state index contributed by atoms with van der Waals surface area (Å²) in [7, 11) is 0. The van der Waals surface area contributed by atoms with Gasteiger partial charge in [0, 0.05) is 17.1 Å². The van der Waals surface area contributed by atoms with Crippen molar-refractivity contribution in [3.05, 3.63) is 34.3 Å². The molecule has 8 nitrogen and oxygen atoms in total. The van der Waals surface area contributed by atoms with Crippen LogP contribution in [0.5, 0.6) is 0 Å². The third-order valence-corrected chi connectivity index (χ3v) is 5.15. The van der Waals surface area contributed by atoms with E-state index < -0.39 is 29.4 Å². The maximum absolute atomic E-state index is 12.8. The monoisotopic (exact) mass is 379 g/mol. The second kappa shape index (κ2) is 5.67. The number of carbonyl (C=O) groups is 3. The number of hydrogen-bond donors (Lipinski definition) is 2. The van der Waals surface area contributed by atoms with Crippen LogP contribution < -0.4 is 10.6 Å². The van der Waals surface area contributed by atoms with Crippen molar-refractivity contribution in [2.75, 3.05) is 13.2 Å². The van der Waals surface area contributed by atoms with Gasteiger partial charge < -0.3 is 19.7 Å². The second-order valence-corrected chi connectivity index (χ2v) is 7.60. The molecule has 1 aromatic carbocycles.